The summed E-state index contributed by atoms with van der Waals surface area (Å²) in [5.41, 5.74) is 0. The lowest BCUT2D eigenvalue weighted by Gasteiger charge is -2.45. The Morgan fingerprint density at radius 2 is 1.72 bits per heavy atom. The van der Waals surface area contributed by atoms with Gasteiger partial charge < -0.3 is 20.0 Å². The highest BCUT2D eigenvalue weighted by Crippen LogP contribution is 2.32. The van der Waals surface area contributed by atoms with Crippen LogP contribution in [0.5, 0.6) is 0 Å². The molecule has 0 atom stereocenters. The molecule has 1 saturated carbocycles. The molecule has 0 aromatic carbocycles. The fourth-order valence-electron chi connectivity index (χ4n) is 5.59. The molecule has 4 rings (SSSR count). The summed E-state index contributed by atoms with van der Waals surface area (Å²) in [4.78, 5) is 24.3. The van der Waals surface area contributed by atoms with E-state index in [1.165, 1.54) is 62.7 Å². The molecule has 2 aliphatic heterocycles. The van der Waals surface area contributed by atoms with Crippen molar-refractivity contribution >= 4 is 34.0 Å². The molecule has 1 aliphatic carbocycles. The van der Waals surface area contributed by atoms with Crippen LogP contribution in [0, 0.1) is 0 Å². The van der Waals surface area contributed by atoms with Gasteiger partial charge in [0.2, 0.25) is 5.91 Å². The zero-order valence-corrected chi connectivity index (χ0v) is 20.8. The van der Waals surface area contributed by atoms with Gasteiger partial charge in [0.25, 0.3) is 0 Å². The van der Waals surface area contributed by atoms with Crippen molar-refractivity contribution in [2.45, 2.75) is 82.7 Å². The fourth-order valence-corrected chi connectivity index (χ4v) is 6.42. The number of carbonyl (C=O) groups excluding carboxylic acids is 1. The van der Waals surface area contributed by atoms with E-state index >= 15 is 0 Å². The van der Waals surface area contributed by atoms with Crippen molar-refractivity contribution in [1.29, 1.82) is 0 Å². The number of amides is 1. The average Bonchev–Trinajstić information content (AvgIpc) is 3.24. The van der Waals surface area contributed by atoms with E-state index in [2.05, 4.69) is 31.6 Å². The summed E-state index contributed by atoms with van der Waals surface area (Å²) in [5, 5.41) is 4.21. The van der Waals surface area contributed by atoms with E-state index in [4.69, 9.17) is 11.6 Å². The van der Waals surface area contributed by atoms with Gasteiger partial charge in [-0.1, -0.05) is 55.2 Å². The molecule has 3 aliphatic rings. The SMILES string of the molecule is C=C(Nc1ncc(Cl)s1)N(C1CCCCC1)C1CCN(C(=O)CCN2CCCCC2)CC1. The van der Waals surface area contributed by atoms with E-state index in [-0.39, 0.29) is 0 Å². The molecule has 0 unspecified atom stereocenters. The van der Waals surface area contributed by atoms with Gasteiger partial charge >= 0.3 is 0 Å². The molecule has 0 spiro atoms. The van der Waals surface area contributed by atoms with Crippen LogP contribution in [0.1, 0.15) is 70.6 Å². The quantitative estimate of drug-likeness (QED) is 0.556. The Labute approximate surface area is 202 Å². The number of aromatic nitrogens is 1. The molecule has 32 heavy (non-hydrogen) atoms. The molecule has 0 bridgehead atoms. The number of likely N-dealkylation sites (tertiary alicyclic amines) is 2. The van der Waals surface area contributed by atoms with Crippen LogP contribution in [0.15, 0.2) is 18.6 Å². The first-order chi connectivity index (χ1) is 15.6. The van der Waals surface area contributed by atoms with Crippen LogP contribution in [0.3, 0.4) is 0 Å². The number of halogens is 1. The predicted octanol–water partition coefficient (Wildman–Crippen LogP) is 5.18. The number of nitrogens with one attached hydrogen (secondary N) is 1. The Hall–Kier alpha value is -1.31. The lowest BCUT2D eigenvalue weighted by atomic mass is 9.91. The van der Waals surface area contributed by atoms with E-state index in [0.29, 0.717) is 28.7 Å². The lowest BCUT2D eigenvalue weighted by Crippen LogP contribution is -2.51. The summed E-state index contributed by atoms with van der Waals surface area (Å²) >= 11 is 7.52. The Bertz CT molecular complexity index is 751. The molecule has 2 saturated heterocycles. The number of nitrogens with zero attached hydrogens (tertiary/aromatic N) is 4. The Morgan fingerprint density at radius 3 is 2.38 bits per heavy atom. The first-order valence-corrected chi connectivity index (χ1v) is 13.7. The van der Waals surface area contributed by atoms with Crippen molar-refractivity contribution in [2.24, 2.45) is 0 Å². The molecular formula is C24H38ClN5OS. The molecular weight excluding hydrogens is 442 g/mol. The summed E-state index contributed by atoms with van der Waals surface area (Å²) in [6.45, 7) is 9.33. The van der Waals surface area contributed by atoms with Crippen molar-refractivity contribution in [3.63, 3.8) is 0 Å². The molecule has 3 fully saturated rings. The topological polar surface area (TPSA) is 51.7 Å². The van der Waals surface area contributed by atoms with E-state index in [1.807, 2.05) is 0 Å². The second-order valence-electron chi connectivity index (χ2n) is 9.50. The summed E-state index contributed by atoms with van der Waals surface area (Å²) in [6, 6.07) is 0.935. The summed E-state index contributed by atoms with van der Waals surface area (Å²) in [6.07, 6.45) is 14.6. The normalized spacial score (nSPS) is 21.5. The van der Waals surface area contributed by atoms with Gasteiger partial charge in [0, 0.05) is 38.1 Å². The molecule has 8 heteroatoms. The van der Waals surface area contributed by atoms with Gasteiger partial charge in [-0.2, -0.15) is 0 Å². The number of rotatable bonds is 8. The smallest absolute Gasteiger partial charge is 0.223 e. The molecule has 1 amide bonds. The van der Waals surface area contributed by atoms with Crippen LogP contribution >= 0.6 is 22.9 Å². The summed E-state index contributed by atoms with van der Waals surface area (Å²) in [7, 11) is 0. The first-order valence-electron chi connectivity index (χ1n) is 12.5. The molecule has 1 aromatic rings. The van der Waals surface area contributed by atoms with Crippen LogP contribution in [0.4, 0.5) is 5.13 Å². The van der Waals surface area contributed by atoms with E-state index in [9.17, 15) is 4.79 Å². The van der Waals surface area contributed by atoms with E-state index < -0.39 is 0 Å². The van der Waals surface area contributed by atoms with Crippen LogP contribution in [0.25, 0.3) is 0 Å². The first kappa shape index (κ1) is 23.8. The van der Waals surface area contributed by atoms with Crippen LogP contribution in [-0.2, 0) is 4.79 Å². The monoisotopic (exact) mass is 479 g/mol. The maximum absolute atomic E-state index is 12.8. The molecule has 3 heterocycles. The van der Waals surface area contributed by atoms with Gasteiger partial charge in [0.05, 0.1) is 6.20 Å². The van der Waals surface area contributed by atoms with E-state index in [0.717, 1.165) is 56.5 Å². The second kappa shape index (κ2) is 11.7. The highest BCUT2D eigenvalue weighted by molar-refractivity contribution is 7.19. The molecule has 6 nitrogen and oxygen atoms in total. The van der Waals surface area contributed by atoms with Crippen LogP contribution in [-0.4, -0.2) is 70.4 Å². The van der Waals surface area contributed by atoms with Crippen molar-refractivity contribution < 1.29 is 4.79 Å². The average molecular weight is 480 g/mol. The number of thiazole rings is 1. The largest absolute Gasteiger partial charge is 0.353 e. The number of hydrogen-bond acceptors (Lipinski definition) is 6. The van der Waals surface area contributed by atoms with Gasteiger partial charge in [-0.05, 0) is 51.6 Å². The number of piperidine rings is 2. The molecule has 0 radical (unpaired) electrons. The highest BCUT2D eigenvalue weighted by atomic mass is 35.5. The minimum Gasteiger partial charge on any atom is -0.353 e. The lowest BCUT2D eigenvalue weighted by molar-refractivity contribution is -0.133. The van der Waals surface area contributed by atoms with Gasteiger partial charge in [0.1, 0.15) is 10.2 Å². The number of anilines is 1. The van der Waals surface area contributed by atoms with Crippen LogP contribution in [0.2, 0.25) is 4.34 Å². The molecule has 1 N–H and O–H groups in total. The van der Waals surface area contributed by atoms with Crippen molar-refractivity contribution in [3.8, 4) is 0 Å². The molecule has 178 valence electrons. The van der Waals surface area contributed by atoms with Gasteiger partial charge in [0.15, 0.2) is 5.13 Å². The third-order valence-corrected chi connectivity index (χ3v) is 8.34. The minimum atomic E-state index is 0.326. The van der Waals surface area contributed by atoms with Gasteiger partial charge in [-0.25, -0.2) is 4.98 Å². The fraction of sp³-hybridized carbons (Fsp3) is 0.750. The summed E-state index contributed by atoms with van der Waals surface area (Å²) < 4.78 is 0.681. The van der Waals surface area contributed by atoms with Crippen molar-refractivity contribution in [3.05, 3.63) is 22.9 Å². The third kappa shape index (κ3) is 6.39. The summed E-state index contributed by atoms with van der Waals surface area (Å²) in [5.74, 6) is 1.26. The van der Waals surface area contributed by atoms with E-state index in [1.54, 1.807) is 6.20 Å². The number of hydrogen-bond donors (Lipinski definition) is 1. The Morgan fingerprint density at radius 1 is 1.06 bits per heavy atom. The second-order valence-corrected chi connectivity index (χ2v) is 11.2. The standard InChI is InChI=1S/C24H38ClN5OS/c1-19(27-24-26-18-22(25)32-24)30(20-8-4-2-5-9-20)21-10-16-29(17-11-21)23(31)12-15-28-13-6-3-7-14-28/h18,20-21H,1-17H2,(H,26,27). The van der Waals surface area contributed by atoms with Crippen molar-refractivity contribution in [1.82, 2.24) is 19.7 Å². The maximum Gasteiger partial charge on any atom is 0.223 e. The predicted molar refractivity (Wildman–Crippen MR) is 133 cm³/mol. The molecule has 1 aromatic heterocycles. The zero-order chi connectivity index (χ0) is 22.3. The Balaban J connectivity index is 1.32. The zero-order valence-electron chi connectivity index (χ0n) is 19.2. The van der Waals surface area contributed by atoms with Gasteiger partial charge in [-0.15, -0.1) is 0 Å². The Kier molecular flexibility index (Phi) is 8.72. The van der Waals surface area contributed by atoms with Crippen molar-refractivity contribution in [2.75, 3.05) is 38.0 Å². The minimum absolute atomic E-state index is 0.326. The van der Waals surface area contributed by atoms with Gasteiger partial charge in [-0.3, -0.25) is 4.79 Å². The van der Waals surface area contributed by atoms with Crippen LogP contribution < -0.4 is 5.32 Å². The maximum atomic E-state index is 12.8. The number of carbonyl (C=O) groups is 1. The highest BCUT2D eigenvalue weighted by Gasteiger charge is 2.32. The third-order valence-electron chi connectivity index (χ3n) is 7.31.